The number of methoxy groups -OCH3 is 2. The Kier molecular flexibility index (Phi) is 11.1. The number of hydrogen-bond donors (Lipinski definition) is 1. The Labute approximate surface area is 356 Å². The fourth-order valence-electron chi connectivity index (χ4n) is 8.17. The Hall–Kier alpha value is -6.96. The predicted molar refractivity (Wildman–Crippen MR) is 231 cm³/mol. The quantitative estimate of drug-likeness (QED) is 0.129. The highest BCUT2D eigenvalue weighted by Gasteiger charge is 2.52. The number of halogens is 3. The molecule has 1 aliphatic heterocycles. The summed E-state index contributed by atoms with van der Waals surface area (Å²) in [6.07, 6.45) is 4.04. The van der Waals surface area contributed by atoms with Crippen molar-refractivity contribution in [3.63, 3.8) is 0 Å². The molecule has 11 nitrogen and oxygen atoms in total. The third kappa shape index (κ3) is 6.95. The summed E-state index contributed by atoms with van der Waals surface area (Å²) < 4.78 is 59.7. The number of piperazine rings is 1. The summed E-state index contributed by atoms with van der Waals surface area (Å²) >= 11 is 0. The molecule has 1 N–H and O–H groups in total. The molecule has 1 amide bonds. The molecular formula is C47H41ClF2N6O5. The summed E-state index contributed by atoms with van der Waals surface area (Å²) in [7, 11) is 3.11. The first-order chi connectivity index (χ1) is 29.2. The average Bonchev–Trinajstić information content (AvgIpc) is 3.78. The van der Waals surface area contributed by atoms with E-state index in [1.54, 1.807) is 43.6 Å². The second-order valence-corrected chi connectivity index (χ2v) is 14.6. The Morgan fingerprint density at radius 2 is 1.13 bits per heavy atom. The molecule has 14 heteroatoms. The van der Waals surface area contributed by atoms with Gasteiger partial charge in [0, 0.05) is 42.5 Å². The maximum atomic E-state index is 15.2. The lowest BCUT2D eigenvalue weighted by Gasteiger charge is -2.46. The minimum absolute atomic E-state index is 0. The average molecular weight is 843 g/mol. The van der Waals surface area contributed by atoms with Gasteiger partial charge < -0.3 is 29.2 Å². The summed E-state index contributed by atoms with van der Waals surface area (Å²) in [6.45, 7) is 4.49. The van der Waals surface area contributed by atoms with E-state index in [4.69, 9.17) is 28.9 Å². The Morgan fingerprint density at radius 3 is 1.56 bits per heavy atom. The van der Waals surface area contributed by atoms with Crippen LogP contribution in [-0.2, 0) is 10.3 Å². The highest BCUT2D eigenvalue weighted by atomic mass is 35.5. The number of hydrogen-bond acceptors (Lipinski definition) is 8. The molecule has 1 fully saturated rings. The number of pyridine rings is 2. The second kappa shape index (κ2) is 16.6. The zero-order chi connectivity index (χ0) is 41.5. The largest absolute Gasteiger partial charge is 0.495 e. The number of rotatable bonds is 11. The molecule has 4 aromatic carbocycles. The van der Waals surface area contributed by atoms with E-state index in [-0.39, 0.29) is 48.8 Å². The highest BCUT2D eigenvalue weighted by molar-refractivity contribution is 5.95. The van der Waals surface area contributed by atoms with Crippen molar-refractivity contribution in [2.75, 3.05) is 33.9 Å². The molecule has 1 aliphatic rings. The van der Waals surface area contributed by atoms with Crippen LogP contribution in [0.2, 0.25) is 0 Å². The lowest BCUT2D eigenvalue weighted by Crippen LogP contribution is -2.59. The number of amides is 1. The maximum absolute atomic E-state index is 15.2. The molecule has 8 aromatic rings. The van der Waals surface area contributed by atoms with E-state index in [0.29, 0.717) is 73.7 Å². The van der Waals surface area contributed by atoms with Gasteiger partial charge in [-0.05, 0) is 73.5 Å². The number of nitrogens with zero attached hydrogens (tertiary/aromatic N) is 5. The number of nitrogens with one attached hydrogen (secondary N) is 1. The van der Waals surface area contributed by atoms with E-state index >= 15 is 8.78 Å². The van der Waals surface area contributed by atoms with E-state index in [0.717, 1.165) is 6.41 Å². The zero-order valence-corrected chi connectivity index (χ0v) is 34.5. The fourth-order valence-corrected chi connectivity index (χ4v) is 8.17. The van der Waals surface area contributed by atoms with Crippen molar-refractivity contribution in [1.82, 2.24) is 29.3 Å². The topological polar surface area (TPSA) is 105 Å². The third-order valence-electron chi connectivity index (χ3n) is 11.0. The number of ether oxygens (including phenoxy) is 4. The van der Waals surface area contributed by atoms with Crippen molar-refractivity contribution < 1.29 is 32.5 Å². The Balaban J connectivity index is 0.00000514. The molecule has 1 saturated heterocycles. The molecule has 0 radical (unpaired) electrons. The van der Waals surface area contributed by atoms with Crippen LogP contribution in [0.3, 0.4) is 0 Å². The first-order valence-corrected chi connectivity index (χ1v) is 19.3. The standard InChI is InChI=1S/C47H40F2N6O5.ClH/c1-29-15-17-31(48)21-39(29)59-45-41(37-23-35(57-3)25-51-43(37)54(45)33-11-7-5-8-12-33)47(27-50-19-20-53(47)28-56)42-38-24-36(58-4)26-52-44(38)55(34-13-9-6-10-14-34)46(42)60-40-22-32(49)18-16-30(40)2;/h5-18,21-26,28,50H,19-20,27H2,1-4H3;1H. The van der Waals surface area contributed by atoms with Crippen molar-refractivity contribution in [2.45, 2.75) is 19.4 Å². The first kappa shape index (κ1) is 40.8. The zero-order valence-electron chi connectivity index (χ0n) is 33.7. The van der Waals surface area contributed by atoms with Gasteiger partial charge in [-0.15, -0.1) is 12.4 Å². The molecule has 9 rings (SSSR count). The summed E-state index contributed by atoms with van der Waals surface area (Å²) in [5, 5.41) is 4.73. The Morgan fingerprint density at radius 1 is 0.672 bits per heavy atom. The fraction of sp³-hybridized carbons (Fsp3) is 0.170. The van der Waals surface area contributed by atoms with Gasteiger partial charge in [0.2, 0.25) is 18.2 Å². The van der Waals surface area contributed by atoms with Crippen LogP contribution in [0.5, 0.6) is 34.8 Å². The van der Waals surface area contributed by atoms with Crippen LogP contribution < -0.4 is 24.3 Å². The van der Waals surface area contributed by atoms with Crippen molar-refractivity contribution in [1.29, 1.82) is 0 Å². The first-order valence-electron chi connectivity index (χ1n) is 19.3. The van der Waals surface area contributed by atoms with Gasteiger partial charge in [0.05, 0.1) is 49.1 Å². The van der Waals surface area contributed by atoms with E-state index in [1.165, 1.54) is 24.3 Å². The molecule has 4 aromatic heterocycles. The minimum Gasteiger partial charge on any atom is -0.495 e. The molecular weight excluding hydrogens is 802 g/mol. The summed E-state index contributed by atoms with van der Waals surface area (Å²) in [5.74, 6) is 0.919. The van der Waals surface area contributed by atoms with Crippen molar-refractivity contribution in [2.24, 2.45) is 0 Å². The number of fused-ring (bicyclic) bond motifs is 2. The monoisotopic (exact) mass is 842 g/mol. The van der Waals surface area contributed by atoms with Gasteiger partial charge in [0.1, 0.15) is 51.5 Å². The minimum atomic E-state index is -1.52. The summed E-state index contributed by atoms with van der Waals surface area (Å²) in [4.78, 5) is 25.6. The smallest absolute Gasteiger partial charge is 0.213 e. The maximum Gasteiger partial charge on any atom is 0.213 e. The number of para-hydroxylation sites is 2. The molecule has 0 unspecified atom stereocenters. The molecule has 310 valence electrons. The van der Waals surface area contributed by atoms with Gasteiger partial charge in [-0.3, -0.25) is 13.9 Å². The number of benzene rings is 4. The third-order valence-corrected chi connectivity index (χ3v) is 11.0. The SMILES string of the molecule is COc1cnc2c(c1)c(C1(c3c(Oc4cc(F)ccc4C)n(-c4ccccc4)c4ncc(OC)cc34)CNCCN1C=O)c(Oc1cc(F)ccc1C)n2-c1ccccc1.Cl. The van der Waals surface area contributed by atoms with Gasteiger partial charge in [-0.2, -0.15) is 0 Å². The van der Waals surface area contributed by atoms with Gasteiger partial charge in [-0.1, -0.05) is 48.5 Å². The molecule has 5 heterocycles. The van der Waals surface area contributed by atoms with Crippen LogP contribution in [0.15, 0.2) is 122 Å². The van der Waals surface area contributed by atoms with Crippen LogP contribution in [0.4, 0.5) is 8.78 Å². The van der Waals surface area contributed by atoms with Crippen LogP contribution in [0.1, 0.15) is 22.3 Å². The second-order valence-electron chi connectivity index (χ2n) is 14.6. The van der Waals surface area contributed by atoms with Crippen molar-refractivity contribution in [3.05, 3.63) is 155 Å². The van der Waals surface area contributed by atoms with Crippen molar-refractivity contribution in [3.8, 4) is 46.1 Å². The number of aromatic nitrogens is 4. The predicted octanol–water partition coefficient (Wildman–Crippen LogP) is 9.59. The molecule has 0 spiro atoms. The summed E-state index contributed by atoms with van der Waals surface area (Å²) in [5.41, 5.74) is 3.12. The number of carbonyl (C=O) groups excluding carboxylic acids is 1. The lowest BCUT2D eigenvalue weighted by atomic mass is 9.79. The van der Waals surface area contributed by atoms with E-state index in [2.05, 4.69) is 5.32 Å². The summed E-state index contributed by atoms with van der Waals surface area (Å²) in [6, 6.07) is 31.5. The highest BCUT2D eigenvalue weighted by Crippen LogP contribution is 2.55. The van der Waals surface area contributed by atoms with Crippen LogP contribution in [0, 0.1) is 25.5 Å². The van der Waals surface area contributed by atoms with Crippen LogP contribution in [-0.4, -0.2) is 64.3 Å². The van der Waals surface area contributed by atoms with Crippen LogP contribution in [0.25, 0.3) is 33.4 Å². The van der Waals surface area contributed by atoms with Crippen LogP contribution >= 0.6 is 12.4 Å². The van der Waals surface area contributed by atoms with Gasteiger partial charge in [0.15, 0.2) is 0 Å². The molecule has 0 aliphatic carbocycles. The van der Waals surface area contributed by atoms with Gasteiger partial charge in [-0.25, -0.2) is 18.7 Å². The van der Waals surface area contributed by atoms with Gasteiger partial charge >= 0.3 is 0 Å². The molecule has 0 bridgehead atoms. The number of carbonyl (C=O) groups is 1. The van der Waals surface area contributed by atoms with E-state index < -0.39 is 17.2 Å². The molecule has 61 heavy (non-hydrogen) atoms. The molecule has 0 atom stereocenters. The lowest BCUT2D eigenvalue weighted by molar-refractivity contribution is -0.124. The van der Waals surface area contributed by atoms with E-state index in [1.807, 2.05) is 95.8 Å². The number of aryl methyl sites for hydroxylation is 2. The molecule has 0 saturated carbocycles. The Bertz CT molecular complexity index is 2720. The van der Waals surface area contributed by atoms with Crippen molar-refractivity contribution >= 4 is 40.9 Å². The van der Waals surface area contributed by atoms with E-state index in [9.17, 15) is 4.79 Å². The normalized spacial score (nSPS) is 13.5. The van der Waals surface area contributed by atoms with Gasteiger partial charge in [0.25, 0.3) is 0 Å².